The number of carbonyl (C=O) groups excluding carboxylic acids is 1. The standard InChI is InChI=1S/C24H17FO6/c1-28-17-8-9-21(29-2)19(12-17)20-11-14-6-7-18(13-22(14)31-24(20)27)30-23(26)15-4-3-5-16(25)10-15/h3-13H,1-2H3. The van der Waals surface area contributed by atoms with Crippen molar-refractivity contribution in [2.45, 2.75) is 0 Å². The molecule has 0 saturated heterocycles. The lowest BCUT2D eigenvalue weighted by molar-refractivity contribution is 0.0734. The minimum atomic E-state index is -0.723. The van der Waals surface area contributed by atoms with E-state index in [-0.39, 0.29) is 16.9 Å². The van der Waals surface area contributed by atoms with Gasteiger partial charge in [0.2, 0.25) is 0 Å². The summed E-state index contributed by atoms with van der Waals surface area (Å²) in [7, 11) is 3.04. The number of methoxy groups -OCH3 is 2. The van der Waals surface area contributed by atoms with Gasteiger partial charge >= 0.3 is 11.6 Å². The Balaban J connectivity index is 1.70. The Labute approximate surface area is 176 Å². The molecule has 3 aromatic carbocycles. The quantitative estimate of drug-likeness (QED) is 0.261. The largest absolute Gasteiger partial charge is 0.497 e. The second kappa shape index (κ2) is 8.31. The fourth-order valence-corrected chi connectivity index (χ4v) is 3.15. The second-order valence-corrected chi connectivity index (χ2v) is 6.61. The molecule has 4 rings (SSSR count). The summed E-state index contributed by atoms with van der Waals surface area (Å²) in [5.41, 5.74) is 0.543. The molecule has 0 aliphatic heterocycles. The van der Waals surface area contributed by atoms with E-state index in [1.807, 2.05) is 0 Å². The summed E-state index contributed by atoms with van der Waals surface area (Å²) < 4.78 is 34.7. The van der Waals surface area contributed by atoms with Crippen LogP contribution in [0, 0.1) is 5.82 Å². The Morgan fingerprint density at radius 1 is 0.871 bits per heavy atom. The van der Waals surface area contributed by atoms with E-state index < -0.39 is 17.4 Å². The zero-order valence-corrected chi connectivity index (χ0v) is 16.7. The van der Waals surface area contributed by atoms with Crippen molar-refractivity contribution in [3.05, 3.63) is 88.5 Å². The molecule has 0 atom stereocenters. The molecule has 0 saturated carbocycles. The minimum absolute atomic E-state index is 0.0713. The monoisotopic (exact) mass is 420 g/mol. The number of fused-ring (bicyclic) bond motifs is 1. The summed E-state index contributed by atoms with van der Waals surface area (Å²) >= 11 is 0. The first-order valence-electron chi connectivity index (χ1n) is 9.26. The second-order valence-electron chi connectivity index (χ2n) is 6.61. The maximum absolute atomic E-state index is 13.3. The van der Waals surface area contributed by atoms with Gasteiger partial charge in [-0.2, -0.15) is 0 Å². The average Bonchev–Trinajstić information content (AvgIpc) is 2.78. The third-order valence-corrected chi connectivity index (χ3v) is 4.68. The van der Waals surface area contributed by atoms with Gasteiger partial charge in [-0.3, -0.25) is 0 Å². The zero-order chi connectivity index (χ0) is 22.0. The fraction of sp³-hybridized carbons (Fsp3) is 0.0833. The van der Waals surface area contributed by atoms with Crippen LogP contribution in [0.25, 0.3) is 22.1 Å². The first-order chi connectivity index (χ1) is 15.0. The lowest BCUT2D eigenvalue weighted by atomic mass is 10.0. The molecule has 1 heterocycles. The van der Waals surface area contributed by atoms with E-state index in [4.69, 9.17) is 18.6 Å². The average molecular weight is 420 g/mol. The Hall–Kier alpha value is -4.13. The highest BCUT2D eigenvalue weighted by Gasteiger charge is 2.15. The Kier molecular flexibility index (Phi) is 5.41. The third-order valence-electron chi connectivity index (χ3n) is 4.68. The maximum atomic E-state index is 13.3. The van der Waals surface area contributed by atoms with Crippen LogP contribution in [0.1, 0.15) is 10.4 Å². The Morgan fingerprint density at radius 3 is 2.42 bits per heavy atom. The van der Waals surface area contributed by atoms with Gasteiger partial charge in [0.15, 0.2) is 0 Å². The summed E-state index contributed by atoms with van der Waals surface area (Å²) in [6.45, 7) is 0. The van der Waals surface area contributed by atoms with Crippen molar-refractivity contribution in [1.29, 1.82) is 0 Å². The number of esters is 1. The smallest absolute Gasteiger partial charge is 0.344 e. The number of carbonyl (C=O) groups is 1. The summed E-state index contributed by atoms with van der Waals surface area (Å²) in [5.74, 6) is -0.0435. The van der Waals surface area contributed by atoms with Crippen molar-refractivity contribution in [2.75, 3.05) is 14.2 Å². The summed E-state index contributed by atoms with van der Waals surface area (Å²) in [4.78, 5) is 24.9. The van der Waals surface area contributed by atoms with Crippen molar-refractivity contribution < 1.29 is 27.8 Å². The van der Waals surface area contributed by atoms with Crippen LogP contribution in [0.3, 0.4) is 0 Å². The molecular weight excluding hydrogens is 403 g/mol. The molecule has 0 radical (unpaired) electrons. The molecule has 31 heavy (non-hydrogen) atoms. The summed E-state index contributed by atoms with van der Waals surface area (Å²) in [6, 6.07) is 16.6. The highest BCUT2D eigenvalue weighted by molar-refractivity contribution is 5.92. The van der Waals surface area contributed by atoms with Crippen molar-refractivity contribution >= 4 is 16.9 Å². The highest BCUT2D eigenvalue weighted by atomic mass is 19.1. The molecule has 4 aromatic rings. The van der Waals surface area contributed by atoms with Gasteiger partial charge in [0.25, 0.3) is 0 Å². The molecule has 6 nitrogen and oxygen atoms in total. The van der Waals surface area contributed by atoms with Crippen LogP contribution in [0.5, 0.6) is 17.2 Å². The predicted molar refractivity (Wildman–Crippen MR) is 112 cm³/mol. The molecule has 0 amide bonds. The van der Waals surface area contributed by atoms with Gasteiger partial charge < -0.3 is 18.6 Å². The van der Waals surface area contributed by atoms with Crippen LogP contribution in [0.15, 0.2) is 75.9 Å². The van der Waals surface area contributed by atoms with E-state index in [2.05, 4.69) is 0 Å². The molecule has 0 fully saturated rings. The topological polar surface area (TPSA) is 75.0 Å². The number of rotatable bonds is 5. The van der Waals surface area contributed by atoms with Gasteiger partial charge in [-0.25, -0.2) is 14.0 Å². The molecule has 0 aliphatic carbocycles. The van der Waals surface area contributed by atoms with E-state index in [1.54, 1.807) is 36.4 Å². The van der Waals surface area contributed by atoms with Crippen LogP contribution < -0.4 is 19.8 Å². The number of benzene rings is 3. The number of hydrogen-bond donors (Lipinski definition) is 0. The van der Waals surface area contributed by atoms with E-state index in [0.717, 1.165) is 6.07 Å². The summed E-state index contributed by atoms with van der Waals surface area (Å²) in [6.07, 6.45) is 0. The molecule has 0 aliphatic rings. The number of ether oxygens (including phenoxy) is 3. The van der Waals surface area contributed by atoms with Crippen LogP contribution in [0.4, 0.5) is 4.39 Å². The van der Waals surface area contributed by atoms with Crippen LogP contribution in [-0.4, -0.2) is 20.2 Å². The zero-order valence-electron chi connectivity index (χ0n) is 16.7. The molecule has 156 valence electrons. The van der Waals surface area contributed by atoms with Gasteiger partial charge in [-0.05, 0) is 54.6 Å². The van der Waals surface area contributed by atoms with Crippen molar-refractivity contribution in [3.8, 4) is 28.4 Å². The van der Waals surface area contributed by atoms with Crippen LogP contribution in [0.2, 0.25) is 0 Å². The van der Waals surface area contributed by atoms with Crippen LogP contribution in [-0.2, 0) is 0 Å². The van der Waals surface area contributed by atoms with Crippen molar-refractivity contribution in [1.82, 2.24) is 0 Å². The van der Waals surface area contributed by atoms with Gasteiger partial charge in [-0.15, -0.1) is 0 Å². The van der Waals surface area contributed by atoms with E-state index in [0.29, 0.717) is 28.0 Å². The number of halogens is 1. The fourth-order valence-electron chi connectivity index (χ4n) is 3.15. The highest BCUT2D eigenvalue weighted by Crippen LogP contribution is 2.33. The van der Waals surface area contributed by atoms with E-state index in [1.165, 1.54) is 38.5 Å². The van der Waals surface area contributed by atoms with Gasteiger partial charge in [-0.1, -0.05) is 6.07 Å². The lowest BCUT2D eigenvalue weighted by Crippen LogP contribution is -2.09. The Morgan fingerprint density at radius 2 is 1.68 bits per heavy atom. The summed E-state index contributed by atoms with van der Waals surface area (Å²) in [5, 5.41) is 0.616. The van der Waals surface area contributed by atoms with Gasteiger partial charge in [0, 0.05) is 17.0 Å². The minimum Gasteiger partial charge on any atom is -0.497 e. The molecular formula is C24H17FO6. The van der Waals surface area contributed by atoms with Gasteiger partial charge in [0.1, 0.15) is 28.6 Å². The molecule has 1 aromatic heterocycles. The SMILES string of the molecule is COc1ccc(OC)c(-c2cc3ccc(OC(=O)c4cccc(F)c4)cc3oc2=O)c1. The maximum Gasteiger partial charge on any atom is 0.344 e. The Bertz CT molecular complexity index is 1340. The first-order valence-corrected chi connectivity index (χ1v) is 9.26. The van der Waals surface area contributed by atoms with E-state index in [9.17, 15) is 14.0 Å². The van der Waals surface area contributed by atoms with Gasteiger partial charge in [0.05, 0.1) is 25.3 Å². The molecule has 7 heteroatoms. The normalized spacial score (nSPS) is 10.7. The molecule has 0 unspecified atom stereocenters. The predicted octanol–water partition coefficient (Wildman–Crippen LogP) is 4.84. The number of hydrogen-bond acceptors (Lipinski definition) is 6. The first kappa shape index (κ1) is 20.2. The van der Waals surface area contributed by atoms with E-state index >= 15 is 0 Å². The third kappa shape index (κ3) is 4.11. The molecule has 0 spiro atoms. The lowest BCUT2D eigenvalue weighted by Gasteiger charge is -2.11. The molecule has 0 N–H and O–H groups in total. The van der Waals surface area contributed by atoms with Crippen molar-refractivity contribution in [3.63, 3.8) is 0 Å². The van der Waals surface area contributed by atoms with Crippen LogP contribution >= 0.6 is 0 Å². The molecule has 0 bridgehead atoms. The van der Waals surface area contributed by atoms with Crippen molar-refractivity contribution in [2.24, 2.45) is 0 Å².